The molecule has 60 heavy (non-hydrogen) atoms. The molecule has 0 aliphatic heterocycles. The number of aryl methyl sites for hydroxylation is 1. The molecule has 0 fully saturated rings. The molecular formula is C59H41N. The van der Waals surface area contributed by atoms with Crippen LogP contribution in [0.5, 0.6) is 0 Å². The number of anilines is 3. The molecule has 0 spiro atoms. The van der Waals surface area contributed by atoms with Gasteiger partial charge in [-0.2, -0.15) is 0 Å². The minimum atomic E-state index is 1.11. The molecule has 0 aliphatic rings. The summed E-state index contributed by atoms with van der Waals surface area (Å²) in [6.07, 6.45) is 0. The maximum absolute atomic E-state index is 2.45. The van der Waals surface area contributed by atoms with Crippen molar-refractivity contribution in [3.63, 3.8) is 0 Å². The summed E-state index contributed by atoms with van der Waals surface area (Å²) in [4.78, 5) is 2.40. The monoisotopic (exact) mass is 763 g/mol. The normalized spacial score (nSPS) is 11.4. The lowest BCUT2D eigenvalue weighted by Crippen LogP contribution is -2.10. The Bertz CT molecular complexity index is 3350. The summed E-state index contributed by atoms with van der Waals surface area (Å²) >= 11 is 0. The van der Waals surface area contributed by atoms with E-state index in [-0.39, 0.29) is 0 Å². The van der Waals surface area contributed by atoms with Gasteiger partial charge in [-0.25, -0.2) is 0 Å². The van der Waals surface area contributed by atoms with E-state index < -0.39 is 0 Å². The second-order valence-corrected chi connectivity index (χ2v) is 15.8. The Kier molecular flexibility index (Phi) is 8.79. The molecule has 1 nitrogen and oxygen atoms in total. The van der Waals surface area contributed by atoms with E-state index in [9.17, 15) is 0 Å². The van der Waals surface area contributed by atoms with Gasteiger partial charge in [0.2, 0.25) is 0 Å². The van der Waals surface area contributed by atoms with E-state index in [4.69, 9.17) is 0 Å². The lowest BCUT2D eigenvalue weighted by Gasteiger charge is -2.27. The average Bonchev–Trinajstić information content (AvgIpc) is 3.32. The zero-order valence-electron chi connectivity index (χ0n) is 33.4. The number of hydrogen-bond donors (Lipinski definition) is 0. The fourth-order valence-corrected chi connectivity index (χ4v) is 9.14. The van der Waals surface area contributed by atoms with E-state index in [0.717, 1.165) is 17.1 Å². The summed E-state index contributed by atoms with van der Waals surface area (Å²) in [6, 6.07) is 84.7. The van der Waals surface area contributed by atoms with Crippen molar-refractivity contribution in [2.75, 3.05) is 4.90 Å². The van der Waals surface area contributed by atoms with Gasteiger partial charge in [0, 0.05) is 17.1 Å². The lowest BCUT2D eigenvalue weighted by molar-refractivity contribution is 1.28. The predicted molar refractivity (Wildman–Crippen MR) is 258 cm³/mol. The maximum Gasteiger partial charge on any atom is 0.0468 e. The Balaban J connectivity index is 1.22. The van der Waals surface area contributed by atoms with Crippen molar-refractivity contribution in [2.45, 2.75) is 6.92 Å². The highest BCUT2D eigenvalue weighted by Crippen LogP contribution is 2.48. The van der Waals surface area contributed by atoms with Gasteiger partial charge in [0.15, 0.2) is 0 Å². The number of benzene rings is 11. The summed E-state index contributed by atoms with van der Waals surface area (Å²) < 4.78 is 0. The Labute approximate surface area is 351 Å². The van der Waals surface area contributed by atoms with Crippen LogP contribution in [-0.4, -0.2) is 0 Å². The molecule has 0 saturated carbocycles. The van der Waals surface area contributed by atoms with Gasteiger partial charge < -0.3 is 4.90 Å². The Morgan fingerprint density at radius 3 is 1.30 bits per heavy atom. The first-order valence-electron chi connectivity index (χ1n) is 20.7. The molecule has 0 bridgehead atoms. The van der Waals surface area contributed by atoms with E-state index in [2.05, 4.69) is 242 Å². The fraction of sp³-hybridized carbons (Fsp3) is 0.0169. The number of hydrogen-bond acceptors (Lipinski definition) is 1. The van der Waals surface area contributed by atoms with Gasteiger partial charge in [0.1, 0.15) is 0 Å². The molecule has 11 aromatic rings. The molecule has 0 heterocycles. The topological polar surface area (TPSA) is 3.24 Å². The zero-order chi connectivity index (χ0) is 40.0. The van der Waals surface area contributed by atoms with Crippen LogP contribution in [0.25, 0.3) is 87.6 Å². The van der Waals surface area contributed by atoms with Crippen molar-refractivity contribution in [3.05, 3.63) is 236 Å². The van der Waals surface area contributed by atoms with Gasteiger partial charge in [0.05, 0.1) is 0 Å². The lowest BCUT2D eigenvalue weighted by atomic mass is 9.83. The van der Waals surface area contributed by atoms with E-state index in [0.29, 0.717) is 0 Å². The van der Waals surface area contributed by atoms with Crippen molar-refractivity contribution < 1.29 is 0 Å². The van der Waals surface area contributed by atoms with Crippen LogP contribution in [0, 0.1) is 6.92 Å². The minimum absolute atomic E-state index is 1.11. The van der Waals surface area contributed by atoms with Crippen LogP contribution in [0.4, 0.5) is 17.1 Å². The molecule has 0 atom stereocenters. The Hall–Kier alpha value is -7.74. The van der Waals surface area contributed by atoms with Gasteiger partial charge in [-0.1, -0.05) is 181 Å². The molecular weight excluding hydrogens is 723 g/mol. The van der Waals surface area contributed by atoms with Crippen LogP contribution in [0.1, 0.15) is 5.56 Å². The molecule has 0 unspecified atom stereocenters. The van der Waals surface area contributed by atoms with Crippen LogP contribution in [-0.2, 0) is 0 Å². The first-order chi connectivity index (χ1) is 29.7. The Morgan fingerprint density at radius 2 is 0.700 bits per heavy atom. The number of nitrogens with zero attached hydrogens (tertiary/aromatic N) is 1. The highest BCUT2D eigenvalue weighted by Gasteiger charge is 2.22. The molecule has 11 aromatic carbocycles. The summed E-state index contributed by atoms with van der Waals surface area (Å²) in [5.74, 6) is 0. The first-order valence-corrected chi connectivity index (χ1v) is 20.7. The van der Waals surface area contributed by atoms with Crippen LogP contribution in [0.15, 0.2) is 231 Å². The van der Waals surface area contributed by atoms with E-state index in [1.165, 1.54) is 93.2 Å². The standard InChI is InChI=1S/C59H41N/c1-40-25-29-49(30-26-40)60(50-31-27-41-15-11-12-22-45(41)35-50)51-32-34-53-52-33-28-48(55-37-47-24-14-13-23-46(47)36-54(55)42-16-5-2-6-17-42)38-56(52)58(43-18-7-3-8-19-43)59(57(53)39-51)44-20-9-4-10-21-44/h2-39H,1H3. The molecule has 0 saturated heterocycles. The quantitative estimate of drug-likeness (QED) is 0.146. The van der Waals surface area contributed by atoms with Crippen molar-refractivity contribution in [1.29, 1.82) is 0 Å². The molecule has 11 rings (SSSR count). The molecule has 282 valence electrons. The van der Waals surface area contributed by atoms with Gasteiger partial charge in [0.25, 0.3) is 0 Å². The Morgan fingerprint density at radius 1 is 0.267 bits per heavy atom. The smallest absolute Gasteiger partial charge is 0.0468 e. The summed E-state index contributed by atoms with van der Waals surface area (Å²) in [7, 11) is 0. The van der Waals surface area contributed by atoms with Crippen LogP contribution in [0.2, 0.25) is 0 Å². The van der Waals surface area contributed by atoms with Crippen molar-refractivity contribution >= 4 is 60.2 Å². The SMILES string of the molecule is Cc1ccc(N(c2ccc3ccccc3c2)c2ccc3c(c2)c(-c2ccccc2)c(-c2ccccc2)c2cc(-c4cc5ccccc5cc4-c4ccccc4)ccc23)cc1. The average molecular weight is 764 g/mol. The van der Waals surface area contributed by atoms with Gasteiger partial charge in [-0.3, -0.25) is 0 Å². The van der Waals surface area contributed by atoms with Crippen molar-refractivity contribution in [3.8, 4) is 44.5 Å². The fourth-order valence-electron chi connectivity index (χ4n) is 9.14. The number of rotatable bonds is 7. The molecule has 0 aliphatic carbocycles. The molecule has 0 radical (unpaired) electrons. The first kappa shape index (κ1) is 35.4. The highest BCUT2D eigenvalue weighted by molar-refractivity contribution is 6.23. The third-order valence-corrected chi connectivity index (χ3v) is 12.0. The summed E-state index contributed by atoms with van der Waals surface area (Å²) in [5, 5.41) is 9.82. The summed E-state index contributed by atoms with van der Waals surface area (Å²) in [6.45, 7) is 2.15. The predicted octanol–water partition coefficient (Wildman–Crippen LogP) is 16.7. The number of fused-ring (bicyclic) bond motifs is 5. The van der Waals surface area contributed by atoms with Crippen LogP contribution in [0.3, 0.4) is 0 Å². The summed E-state index contributed by atoms with van der Waals surface area (Å²) in [5.41, 5.74) is 14.3. The van der Waals surface area contributed by atoms with E-state index >= 15 is 0 Å². The van der Waals surface area contributed by atoms with Crippen LogP contribution < -0.4 is 4.90 Å². The molecule has 0 aromatic heterocycles. The minimum Gasteiger partial charge on any atom is -0.310 e. The highest BCUT2D eigenvalue weighted by atomic mass is 15.1. The van der Waals surface area contributed by atoms with Gasteiger partial charge in [-0.05, 0) is 149 Å². The third kappa shape index (κ3) is 6.29. The molecule has 1 heteroatoms. The van der Waals surface area contributed by atoms with Crippen LogP contribution >= 0.6 is 0 Å². The largest absolute Gasteiger partial charge is 0.310 e. The van der Waals surface area contributed by atoms with E-state index in [1.54, 1.807) is 0 Å². The van der Waals surface area contributed by atoms with Gasteiger partial charge in [-0.15, -0.1) is 0 Å². The molecule has 0 N–H and O–H groups in total. The zero-order valence-corrected chi connectivity index (χ0v) is 33.4. The van der Waals surface area contributed by atoms with Crippen molar-refractivity contribution in [2.24, 2.45) is 0 Å². The second kappa shape index (κ2) is 14.9. The van der Waals surface area contributed by atoms with E-state index in [1.807, 2.05) is 0 Å². The third-order valence-electron chi connectivity index (χ3n) is 12.0. The van der Waals surface area contributed by atoms with Crippen molar-refractivity contribution in [1.82, 2.24) is 0 Å². The maximum atomic E-state index is 2.45. The van der Waals surface area contributed by atoms with Gasteiger partial charge >= 0.3 is 0 Å². The molecule has 0 amide bonds. The second-order valence-electron chi connectivity index (χ2n) is 15.8.